The summed E-state index contributed by atoms with van der Waals surface area (Å²) in [4.78, 5) is 4.39. The van der Waals surface area contributed by atoms with Crippen LogP contribution in [-0.4, -0.2) is 43.8 Å². The van der Waals surface area contributed by atoms with Gasteiger partial charge in [0.2, 0.25) is 6.34 Å². The lowest BCUT2D eigenvalue weighted by molar-refractivity contribution is -1.00. The third-order valence-corrected chi connectivity index (χ3v) is 8.23. The molecule has 1 unspecified atom stereocenters. The van der Waals surface area contributed by atoms with Crippen molar-refractivity contribution in [3.05, 3.63) is 12.2 Å². The zero-order chi connectivity index (χ0) is 26.2. The fourth-order valence-electron chi connectivity index (χ4n) is 4.32. The highest BCUT2D eigenvalue weighted by atomic mass is 31.2. The predicted molar refractivity (Wildman–Crippen MR) is 153 cm³/mol. The minimum Gasteiger partial charge on any atom is -0.284 e. The summed E-state index contributed by atoms with van der Waals surface area (Å²) in [5.74, 6) is 0. The zero-order valence-corrected chi connectivity index (χ0v) is 24.9. The second-order valence-electron chi connectivity index (χ2n) is 10.3. The van der Waals surface area contributed by atoms with Crippen molar-refractivity contribution in [1.82, 2.24) is 0 Å². The number of unbranched alkanes of at least 4 members (excludes halogenated alkanes) is 14. The molecule has 0 aliphatic carbocycles. The molecule has 0 aromatic heterocycles. The number of aliphatic imine (C=N–C) groups is 1. The number of hydroxylamine groups is 3. The molecule has 0 N–H and O–H groups in total. The molecule has 1 atom stereocenters. The molecule has 1 rings (SSSR count). The first kappa shape index (κ1) is 33.5. The largest absolute Gasteiger partial charge is 0.521 e. The van der Waals surface area contributed by atoms with Crippen molar-refractivity contribution in [2.24, 2.45) is 4.99 Å². The standard InChI is InChI=1S/C29H58N2O4P/c1-4-7-10-11-12-13-14-15-16-17-18-19-20-21-22-23-25-31(26-24-30-29-31)35-36(32,33-27-8-5-2)34-28-9-6-3/h15-16,29H,4-14,17-28H2,1-3H3/q+1/b16-15-. The SMILES string of the molecule is CCCCCCCC/C=C\CCCCCCCC[N+]1(OP(=O)(OCCCC)OCCCC)C=NCC1. The van der Waals surface area contributed by atoms with Gasteiger partial charge in [0.1, 0.15) is 13.1 Å². The average Bonchev–Trinajstić information content (AvgIpc) is 3.32. The van der Waals surface area contributed by atoms with E-state index in [0.717, 1.165) is 45.1 Å². The summed E-state index contributed by atoms with van der Waals surface area (Å²) in [6, 6.07) is 0. The number of hydrogen-bond acceptors (Lipinski definition) is 5. The molecule has 0 amide bonds. The maximum Gasteiger partial charge on any atom is 0.521 e. The molecular formula is C29H58N2O4P+. The smallest absolute Gasteiger partial charge is 0.284 e. The van der Waals surface area contributed by atoms with Gasteiger partial charge in [-0.05, 0) is 51.4 Å². The third kappa shape index (κ3) is 17.1. The van der Waals surface area contributed by atoms with E-state index in [0.29, 0.717) is 26.3 Å². The Balaban J connectivity index is 2.21. The van der Waals surface area contributed by atoms with Crippen LogP contribution < -0.4 is 0 Å². The van der Waals surface area contributed by atoms with Crippen LogP contribution in [-0.2, 0) is 18.2 Å². The van der Waals surface area contributed by atoms with Gasteiger partial charge in [0, 0.05) is 0 Å². The fraction of sp³-hybridized carbons (Fsp3) is 0.897. The van der Waals surface area contributed by atoms with Gasteiger partial charge in [0.15, 0.2) is 0 Å². The Morgan fingerprint density at radius 3 is 1.72 bits per heavy atom. The van der Waals surface area contributed by atoms with Gasteiger partial charge in [-0.3, -0.25) is 9.05 Å². The molecule has 212 valence electrons. The molecule has 0 bridgehead atoms. The summed E-state index contributed by atoms with van der Waals surface area (Å²) in [5, 5.41) is 0. The molecule has 0 radical (unpaired) electrons. The van der Waals surface area contributed by atoms with Gasteiger partial charge >= 0.3 is 7.82 Å². The lowest BCUT2D eigenvalue weighted by Crippen LogP contribution is -2.45. The Bertz CT molecular complexity index is 600. The van der Waals surface area contributed by atoms with Gasteiger partial charge < -0.3 is 0 Å². The second-order valence-corrected chi connectivity index (χ2v) is 11.8. The topological polar surface area (TPSA) is 57.1 Å². The van der Waals surface area contributed by atoms with Crippen molar-refractivity contribution in [1.29, 1.82) is 0 Å². The minimum atomic E-state index is -3.61. The van der Waals surface area contributed by atoms with E-state index in [1.165, 1.54) is 77.0 Å². The van der Waals surface area contributed by atoms with Gasteiger partial charge in [-0.15, -0.1) is 4.65 Å². The zero-order valence-electron chi connectivity index (χ0n) is 24.0. The lowest BCUT2D eigenvalue weighted by Gasteiger charge is -2.30. The summed E-state index contributed by atoms with van der Waals surface area (Å²) in [7, 11) is -3.61. The first-order chi connectivity index (χ1) is 17.6. The van der Waals surface area contributed by atoms with Crippen LogP contribution in [0.5, 0.6) is 0 Å². The van der Waals surface area contributed by atoms with Crippen molar-refractivity contribution < 1.29 is 22.9 Å². The molecule has 0 fully saturated rings. The van der Waals surface area contributed by atoms with Crippen molar-refractivity contribution >= 4 is 14.2 Å². The van der Waals surface area contributed by atoms with E-state index in [2.05, 4.69) is 37.9 Å². The molecule has 1 heterocycles. The molecule has 0 aromatic rings. The first-order valence-corrected chi connectivity index (χ1v) is 16.7. The Hall–Kier alpha value is -0.520. The fourth-order valence-corrected chi connectivity index (χ4v) is 5.79. The van der Waals surface area contributed by atoms with E-state index < -0.39 is 7.82 Å². The molecule has 0 spiro atoms. The monoisotopic (exact) mass is 529 g/mol. The number of allylic oxidation sites excluding steroid dienone is 2. The summed E-state index contributed by atoms with van der Waals surface area (Å²) >= 11 is 0. The molecule has 0 aromatic carbocycles. The van der Waals surface area contributed by atoms with Gasteiger partial charge in [-0.25, -0.2) is 9.56 Å². The predicted octanol–water partition coefficient (Wildman–Crippen LogP) is 9.56. The van der Waals surface area contributed by atoms with E-state index in [4.69, 9.17) is 13.7 Å². The van der Waals surface area contributed by atoms with Gasteiger partial charge in [0.25, 0.3) is 0 Å². The van der Waals surface area contributed by atoms with E-state index >= 15 is 0 Å². The molecule has 1 aliphatic rings. The van der Waals surface area contributed by atoms with Crippen LogP contribution in [0.2, 0.25) is 0 Å². The summed E-state index contributed by atoms with van der Waals surface area (Å²) in [6.07, 6.45) is 28.2. The molecular weight excluding hydrogens is 471 g/mol. The Morgan fingerprint density at radius 2 is 1.22 bits per heavy atom. The van der Waals surface area contributed by atoms with Gasteiger partial charge in [-0.2, -0.15) is 0 Å². The van der Waals surface area contributed by atoms with Crippen LogP contribution in [0.25, 0.3) is 0 Å². The van der Waals surface area contributed by atoms with E-state index in [1.54, 1.807) is 6.34 Å². The number of phosphoric ester groups is 1. The highest BCUT2D eigenvalue weighted by Gasteiger charge is 2.43. The maximum atomic E-state index is 13.3. The van der Waals surface area contributed by atoms with Crippen LogP contribution >= 0.6 is 7.82 Å². The van der Waals surface area contributed by atoms with Gasteiger partial charge in [-0.1, -0.05) is 102 Å². The van der Waals surface area contributed by atoms with Gasteiger partial charge in [0.05, 0.1) is 19.8 Å². The van der Waals surface area contributed by atoms with Crippen molar-refractivity contribution in [2.45, 2.75) is 136 Å². The first-order valence-electron chi connectivity index (χ1n) is 15.2. The maximum absolute atomic E-state index is 13.3. The third-order valence-electron chi connectivity index (χ3n) is 6.71. The number of nitrogens with zero attached hydrogens (tertiary/aromatic N) is 2. The Kier molecular flexibility index (Phi) is 20.9. The molecule has 0 saturated carbocycles. The molecule has 36 heavy (non-hydrogen) atoms. The van der Waals surface area contributed by atoms with Crippen molar-refractivity contribution in [3.63, 3.8) is 0 Å². The van der Waals surface area contributed by atoms with Crippen LogP contribution in [0.3, 0.4) is 0 Å². The van der Waals surface area contributed by atoms with Crippen LogP contribution in [0.1, 0.15) is 136 Å². The van der Waals surface area contributed by atoms with E-state index in [9.17, 15) is 4.57 Å². The molecule has 6 nitrogen and oxygen atoms in total. The number of rotatable bonds is 26. The Morgan fingerprint density at radius 1 is 0.722 bits per heavy atom. The van der Waals surface area contributed by atoms with Crippen molar-refractivity contribution in [2.75, 3.05) is 32.8 Å². The summed E-state index contributed by atoms with van der Waals surface area (Å²) in [5.41, 5.74) is 0. The normalized spacial score (nSPS) is 18.1. The summed E-state index contributed by atoms with van der Waals surface area (Å²) in [6.45, 7) is 9.39. The van der Waals surface area contributed by atoms with Crippen LogP contribution in [0.15, 0.2) is 17.1 Å². The Labute approximate surface area is 223 Å². The number of hydrogen-bond donors (Lipinski definition) is 0. The summed E-state index contributed by atoms with van der Waals surface area (Å²) < 4.78 is 30.9. The second kappa shape index (κ2) is 22.5. The highest BCUT2D eigenvalue weighted by Crippen LogP contribution is 2.52. The van der Waals surface area contributed by atoms with Crippen LogP contribution in [0, 0.1) is 0 Å². The van der Waals surface area contributed by atoms with Crippen LogP contribution in [0.4, 0.5) is 0 Å². The number of quaternary nitrogens is 1. The molecule has 1 aliphatic heterocycles. The molecule has 0 saturated heterocycles. The minimum absolute atomic E-state index is 0.166. The quantitative estimate of drug-likeness (QED) is 0.0484. The highest BCUT2D eigenvalue weighted by molar-refractivity contribution is 7.48. The lowest BCUT2D eigenvalue weighted by atomic mass is 10.1. The number of phosphoric acid groups is 1. The van der Waals surface area contributed by atoms with Crippen molar-refractivity contribution in [3.8, 4) is 0 Å². The average molecular weight is 530 g/mol. The van der Waals surface area contributed by atoms with E-state index in [1.807, 2.05) is 0 Å². The molecule has 7 heteroatoms. The van der Waals surface area contributed by atoms with E-state index in [-0.39, 0.29) is 4.65 Å².